The fraction of sp³-hybridized carbons (Fsp3) is 0.0889. The fourth-order valence-corrected chi connectivity index (χ4v) is 6.26. The van der Waals surface area contributed by atoms with Gasteiger partial charge in [-0.1, -0.05) is 129 Å². The SMILES string of the molecule is CC.Cc1cc(-c2ccccc2)c(O)c(-c2ccccc2-c2cccc(-c3ccccc3-c3cc(C)cc(-c4ccccc4)c3O)n2)c1.[Hf]. The summed E-state index contributed by atoms with van der Waals surface area (Å²) in [6.45, 7) is 8.11. The third kappa shape index (κ3) is 7.35. The summed E-state index contributed by atoms with van der Waals surface area (Å²) in [4.78, 5) is 5.19. The van der Waals surface area contributed by atoms with Crippen molar-refractivity contribution in [2.45, 2.75) is 27.7 Å². The Bertz CT molecular complexity index is 2040. The third-order valence-corrected chi connectivity index (χ3v) is 8.41. The average molecular weight is 804 g/mol. The van der Waals surface area contributed by atoms with Gasteiger partial charge in [0, 0.05) is 59.2 Å². The molecule has 2 N–H and O–H groups in total. The van der Waals surface area contributed by atoms with Crippen molar-refractivity contribution in [2.75, 3.05) is 0 Å². The second-order valence-corrected chi connectivity index (χ2v) is 11.6. The van der Waals surface area contributed by atoms with Gasteiger partial charge in [0.05, 0.1) is 11.4 Å². The van der Waals surface area contributed by atoms with E-state index >= 15 is 0 Å². The Kier molecular flexibility index (Phi) is 11.4. The maximum atomic E-state index is 11.6. The largest absolute Gasteiger partial charge is 0.507 e. The Balaban J connectivity index is 0.00000153. The molecule has 240 valence electrons. The van der Waals surface area contributed by atoms with Crippen molar-refractivity contribution < 1.29 is 36.1 Å². The molecule has 7 rings (SSSR count). The molecular formula is C45H39HfNO2. The van der Waals surface area contributed by atoms with Crippen LogP contribution in [0.2, 0.25) is 0 Å². The first-order chi connectivity index (χ1) is 23.5. The Hall–Kier alpha value is -5.06. The van der Waals surface area contributed by atoms with Crippen LogP contribution in [0.15, 0.2) is 152 Å². The van der Waals surface area contributed by atoms with Crippen molar-refractivity contribution in [1.82, 2.24) is 4.98 Å². The van der Waals surface area contributed by atoms with E-state index in [0.29, 0.717) is 0 Å². The fourth-order valence-electron chi connectivity index (χ4n) is 6.26. The maximum absolute atomic E-state index is 11.6. The topological polar surface area (TPSA) is 53.4 Å². The second kappa shape index (κ2) is 15.9. The Morgan fingerprint density at radius 1 is 0.367 bits per heavy atom. The Morgan fingerprint density at radius 2 is 0.694 bits per heavy atom. The van der Waals surface area contributed by atoms with E-state index in [9.17, 15) is 10.2 Å². The molecule has 0 aliphatic heterocycles. The minimum absolute atomic E-state index is 0. The van der Waals surface area contributed by atoms with Gasteiger partial charge >= 0.3 is 0 Å². The van der Waals surface area contributed by atoms with Gasteiger partial charge in [-0.3, -0.25) is 0 Å². The van der Waals surface area contributed by atoms with Crippen molar-refractivity contribution >= 4 is 0 Å². The number of rotatable bonds is 6. The monoisotopic (exact) mass is 805 g/mol. The molecule has 0 saturated heterocycles. The molecule has 0 fully saturated rings. The van der Waals surface area contributed by atoms with Crippen LogP contribution in [0, 0.1) is 13.8 Å². The quantitative estimate of drug-likeness (QED) is 0.165. The van der Waals surface area contributed by atoms with Gasteiger partial charge in [-0.15, -0.1) is 0 Å². The van der Waals surface area contributed by atoms with E-state index in [1.165, 1.54) is 0 Å². The normalized spacial score (nSPS) is 10.4. The van der Waals surface area contributed by atoms with E-state index in [2.05, 4.69) is 26.0 Å². The van der Waals surface area contributed by atoms with Crippen LogP contribution in [0.5, 0.6) is 11.5 Å². The molecule has 0 aliphatic carbocycles. The molecule has 0 atom stereocenters. The number of phenols is 2. The first-order valence-corrected chi connectivity index (χ1v) is 16.4. The van der Waals surface area contributed by atoms with Crippen LogP contribution in [0.4, 0.5) is 0 Å². The number of hydrogen-bond acceptors (Lipinski definition) is 3. The zero-order chi connectivity index (χ0) is 33.6. The van der Waals surface area contributed by atoms with Crippen molar-refractivity contribution in [3.63, 3.8) is 0 Å². The first kappa shape index (κ1) is 35.3. The van der Waals surface area contributed by atoms with Crippen LogP contribution in [-0.2, 0) is 25.8 Å². The number of aromatic hydroxyl groups is 2. The first-order valence-electron chi connectivity index (χ1n) is 16.4. The Morgan fingerprint density at radius 3 is 1.08 bits per heavy atom. The van der Waals surface area contributed by atoms with Crippen LogP contribution in [0.3, 0.4) is 0 Å². The minimum Gasteiger partial charge on any atom is -0.507 e. The van der Waals surface area contributed by atoms with Crippen molar-refractivity contribution in [1.29, 1.82) is 0 Å². The van der Waals surface area contributed by atoms with E-state index < -0.39 is 0 Å². The molecule has 4 heteroatoms. The second-order valence-electron chi connectivity index (χ2n) is 11.6. The molecule has 49 heavy (non-hydrogen) atoms. The molecule has 6 aromatic carbocycles. The average Bonchev–Trinajstić information content (AvgIpc) is 3.15. The summed E-state index contributed by atoms with van der Waals surface area (Å²) in [6, 6.07) is 50.3. The maximum Gasteiger partial charge on any atom is 0.131 e. The summed E-state index contributed by atoms with van der Waals surface area (Å²) in [7, 11) is 0. The summed E-state index contributed by atoms with van der Waals surface area (Å²) < 4.78 is 0. The molecule has 0 amide bonds. The van der Waals surface area contributed by atoms with Crippen LogP contribution in [0.25, 0.3) is 67.0 Å². The molecule has 3 nitrogen and oxygen atoms in total. The summed E-state index contributed by atoms with van der Waals surface area (Å²) >= 11 is 0. The van der Waals surface area contributed by atoms with Gasteiger partial charge in [0.2, 0.25) is 0 Å². The molecule has 0 radical (unpaired) electrons. The molecule has 0 unspecified atom stereocenters. The predicted octanol–water partition coefficient (Wildman–Crippen LogP) is 12.1. The van der Waals surface area contributed by atoms with Gasteiger partial charge in [0.15, 0.2) is 0 Å². The molecule has 0 aliphatic rings. The smallest absolute Gasteiger partial charge is 0.131 e. The molecule has 7 aromatic rings. The van der Waals surface area contributed by atoms with Crippen molar-refractivity contribution in [3.8, 4) is 78.5 Å². The Labute approximate surface area is 308 Å². The van der Waals surface area contributed by atoms with Crippen molar-refractivity contribution in [3.05, 3.63) is 163 Å². The number of aryl methyl sites for hydroxylation is 2. The zero-order valence-electron chi connectivity index (χ0n) is 28.3. The number of phenolic OH excluding ortho intramolecular Hbond substituents is 2. The number of aromatic nitrogens is 1. The van der Waals surface area contributed by atoms with Gasteiger partial charge in [0.1, 0.15) is 11.5 Å². The summed E-state index contributed by atoms with van der Waals surface area (Å²) in [5, 5.41) is 23.2. The zero-order valence-corrected chi connectivity index (χ0v) is 31.9. The van der Waals surface area contributed by atoms with E-state index in [1.54, 1.807) is 0 Å². The van der Waals surface area contributed by atoms with Gasteiger partial charge in [0.25, 0.3) is 0 Å². The van der Waals surface area contributed by atoms with Crippen LogP contribution in [0.1, 0.15) is 25.0 Å². The summed E-state index contributed by atoms with van der Waals surface area (Å²) in [5.74, 6) is 0.491. The van der Waals surface area contributed by atoms with Crippen LogP contribution < -0.4 is 0 Å². The molecular weight excluding hydrogens is 765 g/mol. The molecule has 1 aromatic heterocycles. The van der Waals surface area contributed by atoms with E-state index in [-0.39, 0.29) is 37.3 Å². The van der Waals surface area contributed by atoms with Gasteiger partial charge in [-0.05, 0) is 83.6 Å². The van der Waals surface area contributed by atoms with Gasteiger partial charge in [-0.2, -0.15) is 0 Å². The number of nitrogens with zero attached hydrogens (tertiary/aromatic N) is 1. The number of pyridine rings is 1. The number of hydrogen-bond donors (Lipinski definition) is 2. The van der Waals surface area contributed by atoms with Crippen molar-refractivity contribution in [2.24, 2.45) is 0 Å². The van der Waals surface area contributed by atoms with E-state index in [1.807, 2.05) is 153 Å². The minimum atomic E-state index is 0. The summed E-state index contributed by atoms with van der Waals surface area (Å²) in [5.41, 5.74) is 12.4. The molecule has 1 heterocycles. The van der Waals surface area contributed by atoms with Gasteiger partial charge < -0.3 is 10.2 Å². The third-order valence-electron chi connectivity index (χ3n) is 8.41. The van der Waals surface area contributed by atoms with Crippen LogP contribution in [-0.4, -0.2) is 15.2 Å². The van der Waals surface area contributed by atoms with E-state index in [0.717, 1.165) is 78.1 Å². The number of benzene rings is 6. The molecule has 0 saturated carbocycles. The summed E-state index contributed by atoms with van der Waals surface area (Å²) in [6.07, 6.45) is 0. The van der Waals surface area contributed by atoms with Crippen LogP contribution >= 0.6 is 0 Å². The predicted molar refractivity (Wildman–Crippen MR) is 201 cm³/mol. The standard InChI is InChI=1S/C43H33NO2.C2H6.Hf/c1-28-24-36(30-14-5-3-6-15-30)42(45)38(26-28)32-18-9-11-20-34(32)40-22-13-23-41(44-40)35-21-12-10-19-33(35)39-27-29(2)25-37(43(39)46)31-16-7-4-8-17-31;1-2;/h3-27,45-46H,1-2H3;1-2H3;. The van der Waals surface area contributed by atoms with Gasteiger partial charge in [-0.25, -0.2) is 4.98 Å². The van der Waals surface area contributed by atoms with E-state index in [4.69, 9.17) is 4.98 Å². The molecule has 0 spiro atoms. The molecule has 0 bridgehead atoms.